The molecule has 0 fully saturated rings. The van der Waals surface area contributed by atoms with Gasteiger partial charge in [0.05, 0.1) is 22.4 Å². The Kier molecular flexibility index (Phi) is 6.86. The third kappa shape index (κ3) is 4.52. The number of aromatic nitrogens is 3. The van der Waals surface area contributed by atoms with Crippen LogP contribution in [0, 0.1) is 12.1 Å². The quantitative estimate of drug-likeness (QED) is 0.166. The fourth-order valence-corrected chi connectivity index (χ4v) is 5.66. The third-order valence-electron chi connectivity index (χ3n) is 7.60. The molecule has 4 heterocycles. The van der Waals surface area contributed by atoms with Gasteiger partial charge in [-0.15, -0.1) is 54.1 Å². The van der Waals surface area contributed by atoms with Crippen LogP contribution in [-0.2, 0) is 27.2 Å². The molecule has 9 aromatic rings. The summed E-state index contributed by atoms with van der Waals surface area (Å²) >= 11 is 0. The zero-order valence-corrected chi connectivity index (χ0v) is 25.4. The van der Waals surface area contributed by atoms with E-state index < -0.39 is 0 Å². The summed E-state index contributed by atoms with van der Waals surface area (Å²) < 4.78 is 14.6. The van der Waals surface area contributed by atoms with E-state index in [9.17, 15) is 0 Å². The monoisotopic (exact) mass is 734 g/mol. The molecule has 0 saturated carbocycles. The number of hydrogen-bond donors (Lipinski definition) is 0. The molecule has 0 N–H and O–H groups in total. The van der Waals surface area contributed by atoms with Gasteiger partial charge in [0.25, 0.3) is 0 Å². The van der Waals surface area contributed by atoms with E-state index in [0.29, 0.717) is 0 Å². The Hall–Kier alpha value is -5.03. The van der Waals surface area contributed by atoms with E-state index in [-0.39, 0.29) is 20.1 Å². The van der Waals surface area contributed by atoms with E-state index in [1.807, 2.05) is 104 Å². The van der Waals surface area contributed by atoms with Crippen LogP contribution in [0.1, 0.15) is 0 Å². The van der Waals surface area contributed by atoms with Gasteiger partial charge in [0.15, 0.2) is 0 Å². The summed E-state index contributed by atoms with van der Waals surface area (Å²) in [6, 6.07) is 44.4. The van der Waals surface area contributed by atoms with Gasteiger partial charge in [0, 0.05) is 49.5 Å². The smallest absolute Gasteiger partial charge is 0.136 e. The van der Waals surface area contributed by atoms with Gasteiger partial charge in [-0.1, -0.05) is 53.4 Å². The summed E-state index contributed by atoms with van der Waals surface area (Å²) in [6.45, 7) is 0. The van der Waals surface area contributed by atoms with E-state index in [2.05, 4.69) is 39.9 Å². The first-order valence-electron chi connectivity index (χ1n) is 13.7. The van der Waals surface area contributed by atoms with Crippen molar-refractivity contribution in [3.05, 3.63) is 134 Å². The summed E-state index contributed by atoms with van der Waals surface area (Å²) in [6.07, 6.45) is 1.79. The molecule has 0 atom stereocenters. The fraction of sp³-hybridized carbons (Fsp3) is 0.0270. The molecule has 0 aliphatic rings. The first-order valence-corrected chi connectivity index (χ1v) is 13.7. The average molecular weight is 734 g/mol. The van der Waals surface area contributed by atoms with Gasteiger partial charge in [-0.05, 0) is 42.1 Å². The summed E-state index contributed by atoms with van der Waals surface area (Å²) in [5, 5.41) is 4.30. The molecule has 5 nitrogen and oxygen atoms in total. The van der Waals surface area contributed by atoms with Crippen LogP contribution < -0.4 is 0 Å². The summed E-state index contributed by atoms with van der Waals surface area (Å²) in [5.41, 5.74) is 8.29. The number of imidazole rings is 1. The number of para-hydroxylation sites is 3. The second-order valence-corrected chi connectivity index (χ2v) is 10.1. The van der Waals surface area contributed by atoms with Crippen LogP contribution in [0.2, 0.25) is 0 Å². The molecule has 0 spiro atoms. The normalized spacial score (nSPS) is 11.2. The molecule has 6 heteroatoms. The Morgan fingerprint density at radius 1 is 0.651 bits per heavy atom. The zero-order valence-electron chi connectivity index (χ0n) is 23.0. The number of furan rings is 2. The molecule has 209 valence electrons. The topological polar surface area (TPSA) is 57.0 Å². The largest absolute Gasteiger partial charge is 0.501 e. The first-order chi connectivity index (χ1) is 20.8. The maximum atomic E-state index is 6.39. The predicted octanol–water partition coefficient (Wildman–Crippen LogP) is 9.39. The number of hydrogen-bond acceptors (Lipinski definition) is 4. The molecule has 9 rings (SSSR count). The van der Waals surface area contributed by atoms with Crippen molar-refractivity contribution in [2.24, 2.45) is 7.05 Å². The minimum atomic E-state index is 0. The number of benzene rings is 5. The Labute approximate surface area is 260 Å². The minimum Gasteiger partial charge on any atom is -0.501 e. The van der Waals surface area contributed by atoms with E-state index in [1.54, 1.807) is 6.20 Å². The Bertz CT molecular complexity index is 2330. The minimum absolute atomic E-state index is 0. The molecule has 0 bridgehead atoms. The van der Waals surface area contributed by atoms with Crippen LogP contribution in [0.5, 0.6) is 0 Å². The van der Waals surface area contributed by atoms with Gasteiger partial charge in [-0.25, -0.2) is 0 Å². The van der Waals surface area contributed by atoms with Crippen molar-refractivity contribution in [1.29, 1.82) is 0 Å². The van der Waals surface area contributed by atoms with Crippen LogP contribution >= 0.6 is 0 Å². The van der Waals surface area contributed by atoms with Crippen LogP contribution in [0.4, 0.5) is 0 Å². The van der Waals surface area contributed by atoms with Gasteiger partial charge in [0.1, 0.15) is 16.7 Å². The standard InChI is InChI=1S/C26H15N2O2.C11H8N.Ir/c1-28-19-11-4-3-10-18(19)27-26(28)17-9-6-8-16-24-22(30-25(16)17)14-13-21-23(24)15-7-2-5-12-20(15)29-21;1-2-6-10(7-3-1)11-8-4-5-9-12-11;/h2-8,10-14H,1H3;1-6,8-9H;/q2*-1;. The predicted molar refractivity (Wildman–Crippen MR) is 168 cm³/mol. The van der Waals surface area contributed by atoms with Crippen molar-refractivity contribution in [3.8, 4) is 22.6 Å². The molecular weight excluding hydrogens is 711 g/mol. The molecular formula is C37H23IrN3O2-2. The van der Waals surface area contributed by atoms with Crippen molar-refractivity contribution < 1.29 is 28.9 Å². The zero-order chi connectivity index (χ0) is 28.0. The van der Waals surface area contributed by atoms with E-state index >= 15 is 0 Å². The SMILES string of the molecule is Cn1c(-c2[c-]ccc3c2oc2ccc4oc5ccccc5c4c23)nc2ccccc21.[Ir].[c-]1ccccc1-c1ccccn1. The van der Waals surface area contributed by atoms with Gasteiger partial charge in [0.2, 0.25) is 0 Å². The molecule has 0 unspecified atom stereocenters. The number of pyridine rings is 1. The summed E-state index contributed by atoms with van der Waals surface area (Å²) in [5.74, 6) is 0.842. The molecule has 0 saturated heterocycles. The number of fused-ring (bicyclic) bond motifs is 8. The molecule has 0 aliphatic heterocycles. The van der Waals surface area contributed by atoms with Crippen molar-refractivity contribution >= 4 is 54.9 Å². The van der Waals surface area contributed by atoms with Crippen molar-refractivity contribution in [1.82, 2.24) is 14.5 Å². The molecule has 43 heavy (non-hydrogen) atoms. The molecule has 0 aliphatic carbocycles. The molecule has 4 aromatic heterocycles. The Balaban J connectivity index is 0.000000195. The van der Waals surface area contributed by atoms with E-state index in [4.69, 9.17) is 13.8 Å². The van der Waals surface area contributed by atoms with E-state index in [0.717, 1.165) is 77.6 Å². The molecule has 5 aromatic carbocycles. The van der Waals surface area contributed by atoms with Gasteiger partial charge >= 0.3 is 0 Å². The van der Waals surface area contributed by atoms with Crippen LogP contribution in [0.3, 0.4) is 0 Å². The number of aryl methyl sites for hydroxylation is 1. The van der Waals surface area contributed by atoms with Crippen LogP contribution in [0.25, 0.3) is 77.6 Å². The third-order valence-corrected chi connectivity index (χ3v) is 7.60. The fourth-order valence-electron chi connectivity index (χ4n) is 5.66. The second-order valence-electron chi connectivity index (χ2n) is 10.1. The summed E-state index contributed by atoms with van der Waals surface area (Å²) in [4.78, 5) is 9.08. The van der Waals surface area contributed by atoms with Crippen LogP contribution in [-0.4, -0.2) is 14.5 Å². The van der Waals surface area contributed by atoms with Crippen molar-refractivity contribution in [2.75, 3.05) is 0 Å². The Morgan fingerprint density at radius 3 is 2.23 bits per heavy atom. The second kappa shape index (κ2) is 11.0. The average Bonchev–Trinajstić information content (AvgIpc) is 3.73. The van der Waals surface area contributed by atoms with Crippen molar-refractivity contribution in [2.45, 2.75) is 0 Å². The summed E-state index contributed by atoms with van der Waals surface area (Å²) in [7, 11) is 2.03. The van der Waals surface area contributed by atoms with Crippen LogP contribution in [0.15, 0.2) is 130 Å². The molecule has 0 amide bonds. The first kappa shape index (κ1) is 26.8. The number of nitrogens with zero attached hydrogens (tertiary/aromatic N) is 3. The van der Waals surface area contributed by atoms with Gasteiger partial charge in [-0.3, -0.25) is 4.98 Å². The van der Waals surface area contributed by atoms with E-state index in [1.165, 1.54) is 0 Å². The van der Waals surface area contributed by atoms with Crippen molar-refractivity contribution in [3.63, 3.8) is 0 Å². The van der Waals surface area contributed by atoms with Gasteiger partial charge in [-0.2, -0.15) is 0 Å². The maximum absolute atomic E-state index is 6.39. The number of rotatable bonds is 2. The van der Waals surface area contributed by atoms with Gasteiger partial charge < -0.3 is 18.4 Å². The maximum Gasteiger partial charge on any atom is 0.136 e. The molecule has 1 radical (unpaired) electrons. The Morgan fingerprint density at radius 2 is 1.42 bits per heavy atom.